The van der Waals surface area contributed by atoms with Crippen LogP contribution in [0, 0.1) is 0 Å². The van der Waals surface area contributed by atoms with Crippen molar-refractivity contribution < 1.29 is 19.1 Å². The summed E-state index contributed by atoms with van der Waals surface area (Å²) < 4.78 is 6.01. The van der Waals surface area contributed by atoms with Gasteiger partial charge in [-0.25, -0.2) is 14.6 Å². The third kappa shape index (κ3) is 5.58. The summed E-state index contributed by atoms with van der Waals surface area (Å²) in [6.45, 7) is 0.0141. The fourth-order valence-electron chi connectivity index (χ4n) is 4.12. The van der Waals surface area contributed by atoms with Crippen molar-refractivity contribution in [2.24, 2.45) is 0 Å². The van der Waals surface area contributed by atoms with Gasteiger partial charge in [0, 0.05) is 26.2 Å². The van der Waals surface area contributed by atoms with Gasteiger partial charge in [0.15, 0.2) is 0 Å². The summed E-state index contributed by atoms with van der Waals surface area (Å²) in [5.74, 6) is -1.45. The summed E-state index contributed by atoms with van der Waals surface area (Å²) in [4.78, 5) is 42.9. The molecule has 1 heterocycles. The van der Waals surface area contributed by atoms with Crippen LogP contribution >= 0.6 is 46.4 Å². The van der Waals surface area contributed by atoms with Crippen LogP contribution in [0.4, 0.5) is 16.2 Å². The Kier molecular flexibility index (Phi) is 8.14. The maximum absolute atomic E-state index is 13.7. The Bertz CT molecular complexity index is 1600. The molecule has 0 aromatic heterocycles. The fourth-order valence-corrected chi connectivity index (χ4v) is 5.15. The second kappa shape index (κ2) is 11.7. The van der Waals surface area contributed by atoms with Crippen LogP contribution in [0.5, 0.6) is 5.75 Å². The number of benzene rings is 4. The molecule has 10 heteroatoms. The van der Waals surface area contributed by atoms with Crippen molar-refractivity contribution in [1.82, 2.24) is 0 Å². The molecule has 40 heavy (non-hydrogen) atoms. The molecule has 0 aliphatic carbocycles. The normalized spacial score (nSPS) is 13.6. The molecule has 1 aliphatic rings. The van der Waals surface area contributed by atoms with Gasteiger partial charge in [0.2, 0.25) is 0 Å². The summed E-state index contributed by atoms with van der Waals surface area (Å²) in [5.41, 5.74) is 1.20. The molecule has 4 amide bonds. The van der Waals surface area contributed by atoms with Crippen molar-refractivity contribution in [2.75, 3.05) is 9.80 Å². The highest BCUT2D eigenvalue weighted by atomic mass is 35.5. The molecule has 1 aliphatic heterocycles. The quantitative estimate of drug-likeness (QED) is 0.162. The van der Waals surface area contributed by atoms with E-state index in [4.69, 9.17) is 51.1 Å². The van der Waals surface area contributed by atoms with Crippen molar-refractivity contribution >= 4 is 81.7 Å². The average Bonchev–Trinajstić information content (AvgIpc) is 2.93. The monoisotopic (exact) mass is 610 g/mol. The van der Waals surface area contributed by atoms with Gasteiger partial charge >= 0.3 is 6.03 Å². The third-order valence-electron chi connectivity index (χ3n) is 6.00. The Hall–Kier alpha value is -3.81. The highest BCUT2D eigenvalue weighted by Gasteiger charge is 2.43. The largest absolute Gasteiger partial charge is 0.487 e. The summed E-state index contributed by atoms with van der Waals surface area (Å²) >= 11 is 25.1. The van der Waals surface area contributed by atoms with Crippen LogP contribution in [0.15, 0.2) is 96.6 Å². The number of rotatable bonds is 6. The van der Waals surface area contributed by atoms with Gasteiger partial charge < -0.3 is 4.74 Å². The van der Waals surface area contributed by atoms with Gasteiger partial charge in [-0.2, -0.15) is 0 Å². The van der Waals surface area contributed by atoms with Crippen LogP contribution in [0.3, 0.4) is 0 Å². The number of halogens is 4. The van der Waals surface area contributed by atoms with E-state index in [0.29, 0.717) is 27.0 Å². The minimum Gasteiger partial charge on any atom is -0.487 e. The number of imide groups is 2. The van der Waals surface area contributed by atoms with E-state index in [9.17, 15) is 14.4 Å². The summed E-state index contributed by atoms with van der Waals surface area (Å²) in [6, 6.07) is 23.8. The van der Waals surface area contributed by atoms with Gasteiger partial charge in [-0.3, -0.25) is 9.59 Å². The summed E-state index contributed by atoms with van der Waals surface area (Å²) in [7, 11) is 0. The first-order valence-electron chi connectivity index (χ1n) is 11.8. The number of anilines is 2. The minimum atomic E-state index is -0.809. The lowest BCUT2D eigenvalue weighted by Crippen LogP contribution is -2.57. The van der Waals surface area contributed by atoms with E-state index in [1.54, 1.807) is 78.9 Å². The number of ether oxygens (including phenoxy) is 1. The van der Waals surface area contributed by atoms with Crippen molar-refractivity contribution in [3.63, 3.8) is 0 Å². The Morgan fingerprint density at radius 1 is 0.650 bits per heavy atom. The molecular formula is C30H18Cl4N2O4. The lowest BCUT2D eigenvalue weighted by Gasteiger charge is -2.34. The first-order chi connectivity index (χ1) is 19.2. The lowest BCUT2D eigenvalue weighted by atomic mass is 10.0. The SMILES string of the molecule is O=C1C(=Cc2cc(Cl)cc(Cl)c2OCc2ccc(Cl)cc2Cl)C(=O)N(c2ccccc2)C(=O)N1c1ccccc1. The molecule has 0 saturated carbocycles. The Balaban J connectivity index is 1.61. The molecule has 200 valence electrons. The number of carbonyl (C=O) groups excluding carboxylic acids is 3. The molecule has 0 spiro atoms. The van der Waals surface area contributed by atoms with Gasteiger partial charge in [0.25, 0.3) is 11.8 Å². The second-order valence-corrected chi connectivity index (χ2v) is 10.3. The van der Waals surface area contributed by atoms with Crippen LogP contribution in [0.25, 0.3) is 6.08 Å². The van der Waals surface area contributed by atoms with Gasteiger partial charge in [-0.1, -0.05) is 88.9 Å². The van der Waals surface area contributed by atoms with E-state index in [2.05, 4.69) is 0 Å². The third-order valence-corrected chi connectivity index (χ3v) is 7.09. The van der Waals surface area contributed by atoms with Gasteiger partial charge in [-0.05, 0) is 54.6 Å². The van der Waals surface area contributed by atoms with Crippen LogP contribution in [-0.2, 0) is 16.2 Å². The predicted molar refractivity (Wildman–Crippen MR) is 158 cm³/mol. The topological polar surface area (TPSA) is 66.9 Å². The molecule has 1 saturated heterocycles. The zero-order chi connectivity index (χ0) is 28.4. The Morgan fingerprint density at radius 2 is 1.20 bits per heavy atom. The molecule has 1 fully saturated rings. The zero-order valence-corrected chi connectivity index (χ0v) is 23.5. The molecule has 0 unspecified atom stereocenters. The number of nitrogens with zero attached hydrogens (tertiary/aromatic N) is 2. The van der Waals surface area contributed by atoms with Gasteiger partial charge in [0.1, 0.15) is 17.9 Å². The van der Waals surface area contributed by atoms with E-state index >= 15 is 0 Å². The number of carbonyl (C=O) groups is 3. The molecule has 4 aromatic rings. The van der Waals surface area contributed by atoms with E-state index in [1.807, 2.05) is 0 Å². The number of amides is 4. The summed E-state index contributed by atoms with van der Waals surface area (Å²) in [6.07, 6.45) is 1.32. The molecule has 6 nitrogen and oxygen atoms in total. The zero-order valence-electron chi connectivity index (χ0n) is 20.5. The molecule has 0 N–H and O–H groups in total. The second-order valence-electron chi connectivity index (χ2n) is 8.62. The van der Waals surface area contributed by atoms with Crippen molar-refractivity contribution in [3.8, 4) is 5.75 Å². The highest BCUT2D eigenvalue weighted by Crippen LogP contribution is 2.37. The van der Waals surface area contributed by atoms with Crippen molar-refractivity contribution in [1.29, 1.82) is 0 Å². The standard InChI is InChI=1S/C30H18Cl4N2O4/c31-20-12-11-18(25(33)15-20)17-40-27-19(13-21(32)16-26(27)34)14-24-28(37)35(22-7-3-1-4-8-22)30(39)36(29(24)38)23-9-5-2-6-10-23/h1-16H,17H2. The molecular weight excluding hydrogens is 594 g/mol. The molecule has 0 radical (unpaired) electrons. The molecule has 0 bridgehead atoms. The molecule has 4 aromatic carbocycles. The van der Waals surface area contributed by atoms with Crippen LogP contribution in [-0.4, -0.2) is 17.8 Å². The number of barbiturate groups is 1. The van der Waals surface area contributed by atoms with E-state index < -0.39 is 17.8 Å². The van der Waals surface area contributed by atoms with E-state index in [-0.39, 0.29) is 33.5 Å². The fraction of sp³-hybridized carbons (Fsp3) is 0.0333. The smallest absolute Gasteiger partial charge is 0.343 e. The number of hydrogen-bond acceptors (Lipinski definition) is 4. The van der Waals surface area contributed by atoms with E-state index in [0.717, 1.165) is 9.80 Å². The first-order valence-corrected chi connectivity index (χ1v) is 13.4. The maximum atomic E-state index is 13.7. The van der Waals surface area contributed by atoms with Crippen LogP contribution in [0.1, 0.15) is 11.1 Å². The number of hydrogen-bond donors (Lipinski definition) is 0. The highest BCUT2D eigenvalue weighted by molar-refractivity contribution is 6.46. The van der Waals surface area contributed by atoms with Crippen LogP contribution in [0.2, 0.25) is 20.1 Å². The molecule has 5 rings (SSSR count). The number of urea groups is 1. The predicted octanol–water partition coefficient (Wildman–Crippen LogP) is 8.46. The minimum absolute atomic E-state index is 0.0141. The number of para-hydroxylation sites is 2. The Labute approximate surface area is 249 Å². The first kappa shape index (κ1) is 27.7. The summed E-state index contributed by atoms with van der Waals surface area (Å²) in [5, 5.41) is 1.26. The van der Waals surface area contributed by atoms with Gasteiger partial charge in [0.05, 0.1) is 16.4 Å². The van der Waals surface area contributed by atoms with E-state index in [1.165, 1.54) is 18.2 Å². The van der Waals surface area contributed by atoms with Gasteiger partial charge in [-0.15, -0.1) is 0 Å². The van der Waals surface area contributed by atoms with Crippen molar-refractivity contribution in [2.45, 2.75) is 6.61 Å². The maximum Gasteiger partial charge on any atom is 0.343 e. The van der Waals surface area contributed by atoms with Crippen molar-refractivity contribution in [3.05, 3.63) is 128 Å². The Morgan fingerprint density at radius 3 is 1.75 bits per heavy atom. The lowest BCUT2D eigenvalue weighted by molar-refractivity contribution is -0.121. The van der Waals surface area contributed by atoms with Crippen LogP contribution < -0.4 is 14.5 Å². The average molecular weight is 612 g/mol. The molecule has 0 atom stereocenters.